The van der Waals surface area contributed by atoms with Gasteiger partial charge in [-0.1, -0.05) is 6.42 Å². The van der Waals surface area contributed by atoms with Crippen molar-refractivity contribution in [2.24, 2.45) is 0 Å². The Labute approximate surface area is 139 Å². The predicted molar refractivity (Wildman–Crippen MR) is 92.9 cm³/mol. The molecule has 128 valence electrons. The summed E-state index contributed by atoms with van der Waals surface area (Å²) in [7, 11) is 3.97. The Hall–Kier alpha value is -2.04. The molecule has 1 aromatic rings. The van der Waals surface area contributed by atoms with Crippen molar-refractivity contribution in [2.75, 3.05) is 32.1 Å². The van der Waals surface area contributed by atoms with E-state index in [9.17, 15) is 9.59 Å². The molecule has 0 radical (unpaired) electrons. The van der Waals surface area contributed by atoms with Gasteiger partial charge in [0.1, 0.15) is 0 Å². The topological polar surface area (TPSA) is 58.6 Å². The van der Waals surface area contributed by atoms with Gasteiger partial charge in [0.05, 0.1) is 6.61 Å². The van der Waals surface area contributed by atoms with Gasteiger partial charge in [-0.2, -0.15) is 0 Å². The van der Waals surface area contributed by atoms with Gasteiger partial charge in [-0.25, -0.2) is 0 Å². The lowest BCUT2D eigenvalue weighted by atomic mass is 10.1. The number of nitrogens with one attached hydrogen (secondary N) is 1. The zero-order valence-electron chi connectivity index (χ0n) is 14.6. The molecule has 5 heteroatoms. The fraction of sp³-hybridized carbons (Fsp3) is 0.556. The minimum atomic E-state index is -0.145. The molecule has 5 nitrogen and oxygen atoms in total. The second-order valence-electron chi connectivity index (χ2n) is 5.77. The Morgan fingerprint density at radius 2 is 1.91 bits per heavy atom. The number of carbonyl (C=O) groups is 2. The number of unbranched alkanes of at least 4 members (excludes halogenated alkanes) is 2. The molecule has 0 aliphatic heterocycles. The van der Waals surface area contributed by atoms with Crippen LogP contribution in [0.25, 0.3) is 0 Å². The molecule has 0 aliphatic rings. The van der Waals surface area contributed by atoms with Crippen molar-refractivity contribution >= 4 is 17.6 Å². The molecule has 1 aromatic carbocycles. The van der Waals surface area contributed by atoms with Crippen LogP contribution in [0.4, 0.5) is 5.69 Å². The summed E-state index contributed by atoms with van der Waals surface area (Å²) in [6.07, 6.45) is 3.01. The molecule has 23 heavy (non-hydrogen) atoms. The second kappa shape index (κ2) is 9.87. The van der Waals surface area contributed by atoms with E-state index < -0.39 is 0 Å². The molecule has 0 spiro atoms. The third-order valence-corrected chi connectivity index (χ3v) is 3.59. The number of carbonyl (C=O) groups excluding carboxylic acids is 2. The van der Waals surface area contributed by atoms with Crippen LogP contribution in [-0.2, 0) is 9.53 Å². The fourth-order valence-electron chi connectivity index (χ4n) is 2.41. The van der Waals surface area contributed by atoms with Crippen LogP contribution in [0.1, 0.15) is 48.5 Å². The minimum absolute atomic E-state index is 0.0520. The van der Waals surface area contributed by atoms with Crippen LogP contribution >= 0.6 is 0 Å². The normalized spacial score (nSPS) is 10.3. The summed E-state index contributed by atoms with van der Waals surface area (Å²) in [4.78, 5) is 25.3. The molecule has 1 N–H and O–H groups in total. The number of rotatable bonds is 9. The first kappa shape index (κ1) is 19.0. The zero-order valence-corrected chi connectivity index (χ0v) is 14.6. The number of benzene rings is 1. The maximum atomic E-state index is 12.1. The van der Waals surface area contributed by atoms with Crippen molar-refractivity contribution < 1.29 is 14.3 Å². The fourth-order valence-corrected chi connectivity index (χ4v) is 2.41. The van der Waals surface area contributed by atoms with Gasteiger partial charge in [-0.05, 0) is 50.5 Å². The van der Waals surface area contributed by atoms with Gasteiger partial charge >= 0.3 is 5.97 Å². The summed E-state index contributed by atoms with van der Waals surface area (Å²) >= 11 is 0. The Balaban J connectivity index is 2.29. The number of ether oxygens (including phenoxy) is 1. The number of esters is 1. The summed E-state index contributed by atoms with van der Waals surface area (Å²) < 4.78 is 4.87. The highest BCUT2D eigenvalue weighted by molar-refractivity contribution is 5.94. The van der Waals surface area contributed by atoms with Crippen LogP contribution < -0.4 is 10.2 Å². The lowest BCUT2D eigenvalue weighted by Crippen LogP contribution is -2.24. The number of aryl methyl sites for hydroxylation is 1. The molecule has 0 aromatic heterocycles. The van der Waals surface area contributed by atoms with Crippen molar-refractivity contribution in [1.29, 1.82) is 0 Å². The van der Waals surface area contributed by atoms with Gasteiger partial charge in [-0.15, -0.1) is 0 Å². The average molecular weight is 320 g/mol. The van der Waals surface area contributed by atoms with E-state index in [4.69, 9.17) is 4.74 Å². The molecule has 1 rings (SSSR count). The molecule has 0 atom stereocenters. The maximum Gasteiger partial charge on any atom is 0.305 e. The predicted octanol–water partition coefficient (Wildman–Crippen LogP) is 2.91. The van der Waals surface area contributed by atoms with Crippen LogP contribution in [0, 0.1) is 6.92 Å². The molecule has 0 bridgehead atoms. The molecule has 0 fully saturated rings. The highest BCUT2D eigenvalue weighted by Crippen LogP contribution is 2.18. The Morgan fingerprint density at radius 1 is 1.17 bits per heavy atom. The van der Waals surface area contributed by atoms with Gasteiger partial charge in [0.15, 0.2) is 0 Å². The Morgan fingerprint density at radius 3 is 2.52 bits per heavy atom. The standard InChI is InChI=1S/C18H28N2O3/c1-5-23-17(21)9-7-6-8-12-19-18(22)15-10-11-16(20(3)4)14(2)13-15/h10-11,13H,5-9,12H2,1-4H3,(H,19,22). The van der Waals surface area contributed by atoms with Gasteiger partial charge in [-0.3, -0.25) is 9.59 Å². The monoisotopic (exact) mass is 320 g/mol. The third kappa shape index (κ3) is 6.72. The van der Waals surface area contributed by atoms with Crippen LogP contribution in [0.2, 0.25) is 0 Å². The van der Waals surface area contributed by atoms with E-state index in [1.807, 2.05) is 44.1 Å². The third-order valence-electron chi connectivity index (χ3n) is 3.59. The first-order valence-electron chi connectivity index (χ1n) is 8.17. The maximum absolute atomic E-state index is 12.1. The van der Waals surface area contributed by atoms with E-state index in [0.29, 0.717) is 25.1 Å². The van der Waals surface area contributed by atoms with E-state index in [2.05, 4.69) is 5.32 Å². The number of amides is 1. The summed E-state index contributed by atoms with van der Waals surface area (Å²) in [6, 6.07) is 5.72. The molecule has 0 aliphatic carbocycles. The summed E-state index contributed by atoms with van der Waals surface area (Å²) in [6.45, 7) is 4.86. The smallest absolute Gasteiger partial charge is 0.305 e. The minimum Gasteiger partial charge on any atom is -0.466 e. The van der Waals surface area contributed by atoms with E-state index >= 15 is 0 Å². The Bertz CT molecular complexity index is 527. The summed E-state index contributed by atoms with van der Waals surface area (Å²) in [5, 5.41) is 2.92. The number of anilines is 1. The van der Waals surface area contributed by atoms with Crippen molar-refractivity contribution in [3.05, 3.63) is 29.3 Å². The zero-order chi connectivity index (χ0) is 17.2. The second-order valence-corrected chi connectivity index (χ2v) is 5.77. The van der Waals surface area contributed by atoms with E-state index in [1.165, 1.54) is 0 Å². The van der Waals surface area contributed by atoms with Crippen LogP contribution in [0.15, 0.2) is 18.2 Å². The van der Waals surface area contributed by atoms with E-state index in [1.54, 1.807) is 6.92 Å². The quantitative estimate of drug-likeness (QED) is 0.561. The number of hydrogen-bond donors (Lipinski definition) is 1. The van der Waals surface area contributed by atoms with Crippen molar-refractivity contribution in [2.45, 2.75) is 39.5 Å². The lowest BCUT2D eigenvalue weighted by molar-refractivity contribution is -0.143. The van der Waals surface area contributed by atoms with Gasteiger partial charge < -0.3 is 15.0 Å². The van der Waals surface area contributed by atoms with E-state index in [-0.39, 0.29) is 11.9 Å². The van der Waals surface area contributed by atoms with E-state index in [0.717, 1.165) is 30.5 Å². The molecule has 0 saturated heterocycles. The van der Waals surface area contributed by atoms with Crippen molar-refractivity contribution in [3.63, 3.8) is 0 Å². The van der Waals surface area contributed by atoms with Crippen molar-refractivity contribution in [3.8, 4) is 0 Å². The van der Waals surface area contributed by atoms with Gasteiger partial charge in [0.2, 0.25) is 0 Å². The molecule has 0 unspecified atom stereocenters. The van der Waals surface area contributed by atoms with Crippen LogP contribution in [-0.4, -0.2) is 39.1 Å². The van der Waals surface area contributed by atoms with Gasteiger partial charge in [0, 0.05) is 38.3 Å². The molecule has 1 amide bonds. The summed E-state index contributed by atoms with van der Waals surface area (Å²) in [5.74, 6) is -0.197. The van der Waals surface area contributed by atoms with Crippen molar-refractivity contribution in [1.82, 2.24) is 5.32 Å². The molecule has 0 heterocycles. The SMILES string of the molecule is CCOC(=O)CCCCCNC(=O)c1ccc(N(C)C)c(C)c1. The summed E-state index contributed by atoms with van der Waals surface area (Å²) in [5.41, 5.74) is 2.87. The first-order chi connectivity index (χ1) is 11.0. The highest BCUT2D eigenvalue weighted by Gasteiger charge is 2.08. The lowest BCUT2D eigenvalue weighted by Gasteiger charge is -2.16. The highest BCUT2D eigenvalue weighted by atomic mass is 16.5. The first-order valence-corrected chi connectivity index (χ1v) is 8.17. The van der Waals surface area contributed by atoms with Crippen LogP contribution in [0.3, 0.4) is 0 Å². The number of hydrogen-bond acceptors (Lipinski definition) is 4. The molecule has 0 saturated carbocycles. The van der Waals surface area contributed by atoms with Crippen LogP contribution in [0.5, 0.6) is 0 Å². The average Bonchev–Trinajstić information content (AvgIpc) is 2.50. The number of nitrogens with zero attached hydrogens (tertiary/aromatic N) is 1. The Kier molecular flexibility index (Phi) is 8.16. The van der Waals surface area contributed by atoms with Gasteiger partial charge in [0.25, 0.3) is 5.91 Å². The largest absolute Gasteiger partial charge is 0.466 e. The molecular formula is C18H28N2O3. The molecular weight excluding hydrogens is 292 g/mol.